The number of ether oxygens (including phenoxy) is 1. The van der Waals surface area contributed by atoms with Crippen molar-refractivity contribution in [2.45, 2.75) is 20.0 Å². The van der Waals surface area contributed by atoms with E-state index in [-0.39, 0.29) is 5.82 Å². The van der Waals surface area contributed by atoms with Crippen LogP contribution in [0.3, 0.4) is 0 Å². The minimum atomic E-state index is -0.200. The molecule has 0 saturated carbocycles. The highest BCUT2D eigenvalue weighted by atomic mass is 35.5. The summed E-state index contributed by atoms with van der Waals surface area (Å²) >= 11 is 6.15. The first-order chi connectivity index (χ1) is 9.61. The van der Waals surface area contributed by atoms with Gasteiger partial charge in [-0.25, -0.2) is 4.39 Å². The van der Waals surface area contributed by atoms with Gasteiger partial charge >= 0.3 is 0 Å². The molecule has 0 aliphatic rings. The molecule has 20 heavy (non-hydrogen) atoms. The van der Waals surface area contributed by atoms with Gasteiger partial charge in [-0.05, 0) is 25.1 Å². The molecule has 0 radical (unpaired) electrons. The molecule has 0 saturated heterocycles. The van der Waals surface area contributed by atoms with Gasteiger partial charge in [0.1, 0.15) is 11.6 Å². The van der Waals surface area contributed by atoms with Crippen LogP contribution in [0.5, 0.6) is 5.75 Å². The van der Waals surface area contributed by atoms with Gasteiger partial charge in [0.25, 0.3) is 0 Å². The normalized spacial score (nSPS) is 10.6. The molecule has 0 spiro atoms. The standard InChI is InChI=1S/C16H17ClFNO/c1-11-6-7-15(18)12(8-11)9-19-10-13-14(17)4-3-5-16(13)20-2/h3-8,19H,9-10H2,1-2H3. The Hall–Kier alpha value is -1.58. The third-order valence-electron chi connectivity index (χ3n) is 3.11. The maximum atomic E-state index is 13.6. The molecule has 0 heterocycles. The van der Waals surface area contributed by atoms with E-state index in [9.17, 15) is 4.39 Å². The van der Waals surface area contributed by atoms with Crippen LogP contribution in [0, 0.1) is 12.7 Å². The fourth-order valence-corrected chi connectivity index (χ4v) is 2.30. The average molecular weight is 294 g/mol. The number of aryl methyl sites for hydroxylation is 1. The molecule has 0 amide bonds. The summed E-state index contributed by atoms with van der Waals surface area (Å²) in [6, 6.07) is 10.6. The number of nitrogens with one attached hydrogen (secondary N) is 1. The molecule has 2 aromatic rings. The summed E-state index contributed by atoms with van der Waals surface area (Å²) in [5.74, 6) is 0.531. The molecule has 0 atom stereocenters. The van der Waals surface area contributed by atoms with Crippen molar-refractivity contribution in [2.75, 3.05) is 7.11 Å². The number of hydrogen-bond acceptors (Lipinski definition) is 2. The molecule has 4 heteroatoms. The highest BCUT2D eigenvalue weighted by Crippen LogP contribution is 2.26. The number of halogens is 2. The van der Waals surface area contributed by atoms with Crippen LogP contribution in [-0.4, -0.2) is 7.11 Å². The zero-order valence-corrected chi connectivity index (χ0v) is 12.3. The molecule has 0 unspecified atom stereocenters. The second-order valence-electron chi connectivity index (χ2n) is 4.62. The van der Waals surface area contributed by atoms with Crippen molar-refractivity contribution >= 4 is 11.6 Å². The van der Waals surface area contributed by atoms with Crippen molar-refractivity contribution in [1.82, 2.24) is 5.32 Å². The highest BCUT2D eigenvalue weighted by molar-refractivity contribution is 6.31. The smallest absolute Gasteiger partial charge is 0.127 e. The molecule has 2 rings (SSSR count). The van der Waals surface area contributed by atoms with Crippen LogP contribution in [0.25, 0.3) is 0 Å². The van der Waals surface area contributed by atoms with Crippen molar-refractivity contribution in [3.8, 4) is 5.75 Å². The van der Waals surface area contributed by atoms with Crippen molar-refractivity contribution < 1.29 is 9.13 Å². The predicted octanol–water partition coefficient (Wildman–Crippen LogP) is 4.09. The molecule has 0 aliphatic carbocycles. The molecule has 2 aromatic carbocycles. The van der Waals surface area contributed by atoms with Gasteiger partial charge in [-0.1, -0.05) is 35.4 Å². The Morgan fingerprint density at radius 3 is 2.75 bits per heavy atom. The van der Waals surface area contributed by atoms with Crippen LogP contribution in [0.15, 0.2) is 36.4 Å². The fourth-order valence-electron chi connectivity index (χ4n) is 2.06. The van der Waals surface area contributed by atoms with Crippen LogP contribution in [-0.2, 0) is 13.1 Å². The number of methoxy groups -OCH3 is 1. The number of benzene rings is 2. The van der Waals surface area contributed by atoms with E-state index < -0.39 is 0 Å². The summed E-state index contributed by atoms with van der Waals surface area (Å²) in [5.41, 5.74) is 2.57. The maximum Gasteiger partial charge on any atom is 0.127 e. The highest BCUT2D eigenvalue weighted by Gasteiger charge is 2.08. The zero-order valence-electron chi connectivity index (χ0n) is 11.5. The first kappa shape index (κ1) is 14.8. The van der Waals surface area contributed by atoms with Crippen LogP contribution in [0.1, 0.15) is 16.7 Å². The molecule has 2 nitrogen and oxygen atoms in total. The van der Waals surface area contributed by atoms with Crippen LogP contribution < -0.4 is 10.1 Å². The van der Waals surface area contributed by atoms with E-state index in [4.69, 9.17) is 16.3 Å². The van der Waals surface area contributed by atoms with E-state index in [0.717, 1.165) is 16.9 Å². The summed E-state index contributed by atoms with van der Waals surface area (Å²) in [7, 11) is 1.61. The Morgan fingerprint density at radius 1 is 1.20 bits per heavy atom. The lowest BCUT2D eigenvalue weighted by Gasteiger charge is -2.12. The number of rotatable bonds is 5. The topological polar surface area (TPSA) is 21.3 Å². The van der Waals surface area contributed by atoms with Gasteiger partial charge in [0, 0.05) is 29.2 Å². The van der Waals surface area contributed by atoms with Crippen molar-refractivity contribution in [1.29, 1.82) is 0 Å². The van der Waals surface area contributed by atoms with E-state index in [2.05, 4.69) is 5.32 Å². The SMILES string of the molecule is COc1cccc(Cl)c1CNCc1cc(C)ccc1F. The Kier molecular flexibility index (Phi) is 4.99. The Bertz CT molecular complexity index is 601. The van der Waals surface area contributed by atoms with E-state index in [0.29, 0.717) is 23.7 Å². The molecule has 0 aliphatic heterocycles. The van der Waals surface area contributed by atoms with E-state index >= 15 is 0 Å². The van der Waals surface area contributed by atoms with Crippen LogP contribution in [0.2, 0.25) is 5.02 Å². The van der Waals surface area contributed by atoms with Crippen molar-refractivity contribution in [3.63, 3.8) is 0 Å². The molecule has 1 N–H and O–H groups in total. The summed E-state index contributed by atoms with van der Waals surface area (Å²) in [6.45, 7) is 2.91. The third-order valence-corrected chi connectivity index (χ3v) is 3.47. The first-order valence-electron chi connectivity index (χ1n) is 6.39. The van der Waals surface area contributed by atoms with Gasteiger partial charge < -0.3 is 10.1 Å². The average Bonchev–Trinajstić information content (AvgIpc) is 2.44. The van der Waals surface area contributed by atoms with Crippen LogP contribution >= 0.6 is 11.6 Å². The second-order valence-corrected chi connectivity index (χ2v) is 5.03. The summed E-state index contributed by atoms with van der Waals surface area (Å²) in [4.78, 5) is 0. The lowest BCUT2D eigenvalue weighted by atomic mass is 10.1. The fraction of sp³-hybridized carbons (Fsp3) is 0.250. The minimum absolute atomic E-state index is 0.200. The Labute approximate surface area is 123 Å². The molecule has 106 valence electrons. The first-order valence-corrected chi connectivity index (χ1v) is 6.76. The van der Waals surface area contributed by atoms with Gasteiger partial charge in [0.2, 0.25) is 0 Å². The third kappa shape index (κ3) is 3.50. The Balaban J connectivity index is 2.05. The Morgan fingerprint density at radius 2 is 2.00 bits per heavy atom. The summed E-state index contributed by atoms with van der Waals surface area (Å²) < 4.78 is 18.9. The van der Waals surface area contributed by atoms with Gasteiger partial charge in [0.15, 0.2) is 0 Å². The van der Waals surface area contributed by atoms with Crippen molar-refractivity contribution in [2.24, 2.45) is 0 Å². The van der Waals surface area contributed by atoms with Gasteiger partial charge in [-0.15, -0.1) is 0 Å². The van der Waals surface area contributed by atoms with E-state index in [1.807, 2.05) is 31.2 Å². The largest absolute Gasteiger partial charge is 0.496 e. The van der Waals surface area contributed by atoms with Gasteiger partial charge in [0.05, 0.1) is 7.11 Å². The predicted molar refractivity (Wildman–Crippen MR) is 79.7 cm³/mol. The lowest BCUT2D eigenvalue weighted by Crippen LogP contribution is -2.15. The quantitative estimate of drug-likeness (QED) is 0.896. The second kappa shape index (κ2) is 6.73. The summed E-state index contributed by atoms with van der Waals surface area (Å²) in [6.07, 6.45) is 0. The molecule has 0 fully saturated rings. The van der Waals surface area contributed by atoms with E-state index in [1.165, 1.54) is 6.07 Å². The molecule has 0 bridgehead atoms. The zero-order chi connectivity index (χ0) is 14.5. The molecular formula is C16H17ClFNO. The molecular weight excluding hydrogens is 277 g/mol. The van der Waals surface area contributed by atoms with Crippen molar-refractivity contribution in [3.05, 3.63) is 63.9 Å². The molecule has 0 aromatic heterocycles. The number of hydrogen-bond donors (Lipinski definition) is 1. The van der Waals surface area contributed by atoms with Gasteiger partial charge in [-0.3, -0.25) is 0 Å². The summed E-state index contributed by atoms with van der Waals surface area (Å²) in [5, 5.41) is 3.84. The minimum Gasteiger partial charge on any atom is -0.496 e. The van der Waals surface area contributed by atoms with Crippen LogP contribution in [0.4, 0.5) is 4.39 Å². The monoisotopic (exact) mass is 293 g/mol. The van der Waals surface area contributed by atoms with Gasteiger partial charge in [-0.2, -0.15) is 0 Å². The van der Waals surface area contributed by atoms with E-state index in [1.54, 1.807) is 13.2 Å². The lowest BCUT2D eigenvalue weighted by molar-refractivity contribution is 0.407. The maximum absolute atomic E-state index is 13.6.